The Morgan fingerprint density at radius 2 is 1.96 bits per heavy atom. The van der Waals surface area contributed by atoms with Crippen molar-refractivity contribution in [1.82, 2.24) is 14.7 Å². The van der Waals surface area contributed by atoms with E-state index in [2.05, 4.69) is 10.00 Å². The highest BCUT2D eigenvalue weighted by Gasteiger charge is 2.34. The second-order valence-electron chi connectivity index (χ2n) is 6.74. The van der Waals surface area contributed by atoms with Gasteiger partial charge in [-0.1, -0.05) is 18.2 Å². The van der Waals surface area contributed by atoms with Crippen LogP contribution in [-0.4, -0.2) is 49.8 Å². The van der Waals surface area contributed by atoms with Crippen LogP contribution in [0.4, 0.5) is 5.69 Å². The number of anilines is 1. The lowest BCUT2D eigenvalue weighted by Crippen LogP contribution is -2.47. The summed E-state index contributed by atoms with van der Waals surface area (Å²) in [5, 5.41) is 4.19. The molecule has 1 aliphatic rings. The molecule has 0 amide bonds. The van der Waals surface area contributed by atoms with E-state index in [4.69, 9.17) is 0 Å². The van der Waals surface area contributed by atoms with Crippen LogP contribution in [0.2, 0.25) is 0 Å². The van der Waals surface area contributed by atoms with Crippen molar-refractivity contribution in [2.75, 3.05) is 24.9 Å². The molecule has 1 aliphatic heterocycles. The lowest BCUT2D eigenvalue weighted by Gasteiger charge is -2.37. The third-order valence-corrected chi connectivity index (χ3v) is 6.25. The molecule has 0 saturated carbocycles. The summed E-state index contributed by atoms with van der Waals surface area (Å²) in [6.45, 7) is 4.39. The van der Waals surface area contributed by atoms with Crippen molar-refractivity contribution in [3.63, 3.8) is 0 Å². The van der Waals surface area contributed by atoms with Crippen LogP contribution in [0.25, 0.3) is 0 Å². The van der Waals surface area contributed by atoms with Gasteiger partial charge in [0.2, 0.25) is 0 Å². The maximum Gasteiger partial charge on any atom is 0.267 e. The topological polar surface area (TPSA) is 58.4 Å². The molecule has 7 heteroatoms. The van der Waals surface area contributed by atoms with Gasteiger partial charge in [-0.25, -0.2) is 8.42 Å². The van der Waals surface area contributed by atoms with Gasteiger partial charge >= 0.3 is 0 Å². The highest BCUT2D eigenvalue weighted by atomic mass is 32.2. The summed E-state index contributed by atoms with van der Waals surface area (Å²) in [5.74, 6) is 0. The molecule has 24 heavy (non-hydrogen) atoms. The van der Waals surface area contributed by atoms with Crippen molar-refractivity contribution in [2.24, 2.45) is 0 Å². The number of nitrogens with zero attached hydrogens (tertiary/aromatic N) is 4. The number of hydrogen-bond donors (Lipinski definition) is 0. The number of likely N-dealkylation sites (N-methyl/N-ethyl adjacent to an activating group) is 1. The lowest BCUT2D eigenvalue weighted by atomic mass is 9.99. The van der Waals surface area contributed by atoms with Crippen LogP contribution < -0.4 is 4.31 Å². The molecule has 1 atom stereocenters. The first kappa shape index (κ1) is 17.0. The van der Waals surface area contributed by atoms with Gasteiger partial charge in [0.05, 0.1) is 18.4 Å². The molecular weight excluding hydrogens is 324 g/mol. The van der Waals surface area contributed by atoms with Crippen LogP contribution in [0.3, 0.4) is 0 Å². The summed E-state index contributed by atoms with van der Waals surface area (Å²) in [4.78, 5) is 2.32. The van der Waals surface area contributed by atoms with Crippen molar-refractivity contribution in [1.29, 1.82) is 0 Å². The average molecular weight is 348 g/mol. The SMILES string of the molecule is CC(C)n1cc(S(=O)(=O)N2CC(N(C)C)Cc3ccccc32)cn1. The average Bonchev–Trinajstić information content (AvgIpc) is 3.04. The Bertz CT molecular complexity index is 827. The largest absolute Gasteiger partial charge is 0.304 e. The second-order valence-corrected chi connectivity index (χ2v) is 8.60. The van der Waals surface area contributed by atoms with Gasteiger partial charge in [-0.05, 0) is 46.0 Å². The van der Waals surface area contributed by atoms with Gasteiger partial charge in [-0.15, -0.1) is 0 Å². The van der Waals surface area contributed by atoms with Gasteiger partial charge < -0.3 is 4.90 Å². The molecule has 1 aromatic heterocycles. The third-order valence-electron chi connectivity index (χ3n) is 4.52. The summed E-state index contributed by atoms with van der Waals surface area (Å²) in [6, 6.07) is 8.00. The van der Waals surface area contributed by atoms with E-state index in [9.17, 15) is 8.42 Å². The minimum absolute atomic E-state index is 0.122. The first-order valence-corrected chi connectivity index (χ1v) is 9.56. The van der Waals surface area contributed by atoms with E-state index in [0.29, 0.717) is 6.54 Å². The van der Waals surface area contributed by atoms with Crippen molar-refractivity contribution in [3.8, 4) is 0 Å². The molecule has 0 N–H and O–H groups in total. The van der Waals surface area contributed by atoms with Crippen LogP contribution >= 0.6 is 0 Å². The van der Waals surface area contributed by atoms with Crippen molar-refractivity contribution < 1.29 is 8.42 Å². The molecule has 1 aromatic carbocycles. The number of para-hydroxylation sites is 1. The molecule has 0 bridgehead atoms. The van der Waals surface area contributed by atoms with Crippen LogP contribution in [0.5, 0.6) is 0 Å². The number of rotatable bonds is 4. The van der Waals surface area contributed by atoms with E-state index in [1.54, 1.807) is 10.9 Å². The molecule has 1 unspecified atom stereocenters. The normalized spacial score (nSPS) is 18.2. The summed E-state index contributed by atoms with van der Waals surface area (Å²) >= 11 is 0. The van der Waals surface area contributed by atoms with Crippen LogP contribution in [-0.2, 0) is 16.4 Å². The summed E-state index contributed by atoms with van der Waals surface area (Å²) in [5.41, 5.74) is 1.83. The first-order valence-electron chi connectivity index (χ1n) is 8.12. The maximum atomic E-state index is 13.2. The Hall–Kier alpha value is -1.86. The molecule has 0 aliphatic carbocycles. The molecule has 0 radical (unpaired) electrons. The van der Waals surface area contributed by atoms with Crippen LogP contribution in [0.15, 0.2) is 41.6 Å². The Morgan fingerprint density at radius 1 is 1.25 bits per heavy atom. The summed E-state index contributed by atoms with van der Waals surface area (Å²) < 4.78 is 29.6. The number of fused-ring (bicyclic) bond motifs is 1. The minimum Gasteiger partial charge on any atom is -0.304 e. The Labute approximate surface area is 143 Å². The van der Waals surface area contributed by atoms with Crippen LogP contribution in [0, 0.1) is 0 Å². The summed E-state index contributed by atoms with van der Waals surface area (Å²) in [6.07, 6.45) is 3.90. The molecule has 0 spiro atoms. The molecule has 0 fully saturated rings. The van der Waals surface area contributed by atoms with E-state index < -0.39 is 10.0 Å². The lowest BCUT2D eigenvalue weighted by molar-refractivity contribution is 0.293. The number of benzene rings is 1. The van der Waals surface area contributed by atoms with Crippen molar-refractivity contribution in [2.45, 2.75) is 37.2 Å². The van der Waals surface area contributed by atoms with Crippen LogP contribution in [0.1, 0.15) is 25.5 Å². The standard InChI is InChI=1S/C17H24N4O2S/c1-13(2)20-12-16(10-18-20)24(22,23)21-11-15(19(3)4)9-14-7-5-6-8-17(14)21/h5-8,10,12-13,15H,9,11H2,1-4H3. The fraction of sp³-hybridized carbons (Fsp3) is 0.471. The molecular formula is C17H24N4O2S. The van der Waals surface area contributed by atoms with E-state index in [0.717, 1.165) is 17.7 Å². The highest BCUT2D eigenvalue weighted by molar-refractivity contribution is 7.92. The molecule has 2 aromatic rings. The summed E-state index contributed by atoms with van der Waals surface area (Å²) in [7, 11) is 0.341. The fourth-order valence-corrected chi connectivity index (χ4v) is 4.45. The van der Waals surface area contributed by atoms with Gasteiger partial charge in [-0.2, -0.15) is 5.10 Å². The molecule has 130 valence electrons. The second kappa shape index (κ2) is 6.22. The number of sulfonamides is 1. The maximum absolute atomic E-state index is 13.2. The zero-order valence-electron chi connectivity index (χ0n) is 14.5. The van der Waals surface area contributed by atoms with Gasteiger partial charge in [0.1, 0.15) is 4.90 Å². The Morgan fingerprint density at radius 3 is 2.58 bits per heavy atom. The first-order chi connectivity index (χ1) is 11.3. The predicted octanol–water partition coefficient (Wildman–Crippen LogP) is 2.15. The number of hydrogen-bond acceptors (Lipinski definition) is 4. The van der Waals surface area contributed by atoms with Gasteiger partial charge in [-0.3, -0.25) is 8.99 Å². The third kappa shape index (κ3) is 2.93. The zero-order chi connectivity index (χ0) is 17.5. The minimum atomic E-state index is -3.63. The quantitative estimate of drug-likeness (QED) is 0.849. The number of aromatic nitrogens is 2. The van der Waals surface area contributed by atoms with Gasteiger partial charge in [0, 0.05) is 18.3 Å². The highest BCUT2D eigenvalue weighted by Crippen LogP contribution is 2.32. The molecule has 3 rings (SSSR count). The predicted molar refractivity (Wildman–Crippen MR) is 94.8 cm³/mol. The fourth-order valence-electron chi connectivity index (χ4n) is 2.97. The molecule has 0 saturated heterocycles. The smallest absolute Gasteiger partial charge is 0.267 e. The van der Waals surface area contributed by atoms with E-state index >= 15 is 0 Å². The van der Waals surface area contributed by atoms with Crippen molar-refractivity contribution >= 4 is 15.7 Å². The molecule has 2 heterocycles. The van der Waals surface area contributed by atoms with Crippen molar-refractivity contribution in [3.05, 3.63) is 42.2 Å². The Balaban J connectivity index is 2.05. The molecule has 6 nitrogen and oxygen atoms in total. The van der Waals surface area contributed by atoms with E-state index in [-0.39, 0.29) is 17.0 Å². The van der Waals surface area contributed by atoms with Gasteiger partial charge in [0.25, 0.3) is 10.0 Å². The van der Waals surface area contributed by atoms with E-state index in [1.165, 1.54) is 10.5 Å². The van der Waals surface area contributed by atoms with Gasteiger partial charge in [0.15, 0.2) is 0 Å². The van der Waals surface area contributed by atoms with E-state index in [1.807, 2.05) is 52.2 Å². The zero-order valence-corrected chi connectivity index (χ0v) is 15.4. The Kier molecular flexibility index (Phi) is 4.40. The monoisotopic (exact) mass is 348 g/mol.